The van der Waals surface area contributed by atoms with Crippen LogP contribution in [0.1, 0.15) is 19.4 Å². The topological polar surface area (TPSA) is 51.4 Å². The van der Waals surface area contributed by atoms with Gasteiger partial charge in [-0.1, -0.05) is 0 Å². The molecule has 0 aliphatic heterocycles. The second-order valence-corrected chi connectivity index (χ2v) is 4.19. The quantitative estimate of drug-likeness (QED) is 0.827. The first-order chi connectivity index (χ1) is 7.56. The minimum Gasteiger partial charge on any atom is -0.397 e. The third-order valence-electron chi connectivity index (χ3n) is 2.50. The first kappa shape index (κ1) is 12.8. The second kappa shape index (κ2) is 5.70. The van der Waals surface area contributed by atoms with Crippen LogP contribution in [-0.4, -0.2) is 31.3 Å². The van der Waals surface area contributed by atoms with E-state index in [1.54, 1.807) is 13.3 Å². The van der Waals surface area contributed by atoms with Crippen molar-refractivity contribution in [2.75, 3.05) is 30.9 Å². The van der Waals surface area contributed by atoms with E-state index in [-0.39, 0.29) is 0 Å². The van der Waals surface area contributed by atoms with Crippen LogP contribution in [0, 0.1) is 6.92 Å². The van der Waals surface area contributed by atoms with Crippen LogP contribution in [-0.2, 0) is 4.74 Å². The summed E-state index contributed by atoms with van der Waals surface area (Å²) >= 11 is 0. The van der Waals surface area contributed by atoms with Crippen molar-refractivity contribution in [1.82, 2.24) is 4.98 Å². The summed E-state index contributed by atoms with van der Waals surface area (Å²) in [6.07, 6.45) is 1.70. The van der Waals surface area contributed by atoms with Gasteiger partial charge in [0, 0.05) is 19.7 Å². The third-order valence-corrected chi connectivity index (χ3v) is 2.50. The van der Waals surface area contributed by atoms with Crippen molar-refractivity contribution in [3.8, 4) is 0 Å². The van der Waals surface area contributed by atoms with E-state index in [0.717, 1.165) is 17.9 Å². The molecular weight excluding hydrogens is 202 g/mol. The van der Waals surface area contributed by atoms with E-state index >= 15 is 0 Å². The zero-order chi connectivity index (χ0) is 12.1. The molecular formula is C12H21N3O. The van der Waals surface area contributed by atoms with Crippen molar-refractivity contribution in [3.63, 3.8) is 0 Å². The molecule has 0 saturated heterocycles. The van der Waals surface area contributed by atoms with Crippen LogP contribution in [0.4, 0.5) is 11.5 Å². The number of hydrogen-bond acceptors (Lipinski definition) is 4. The van der Waals surface area contributed by atoms with Gasteiger partial charge >= 0.3 is 0 Å². The van der Waals surface area contributed by atoms with Gasteiger partial charge in [-0.15, -0.1) is 0 Å². The van der Waals surface area contributed by atoms with E-state index in [2.05, 4.69) is 23.7 Å². The van der Waals surface area contributed by atoms with Crippen molar-refractivity contribution in [1.29, 1.82) is 0 Å². The van der Waals surface area contributed by atoms with Crippen molar-refractivity contribution in [2.45, 2.75) is 26.8 Å². The molecule has 0 atom stereocenters. The van der Waals surface area contributed by atoms with Gasteiger partial charge < -0.3 is 15.4 Å². The van der Waals surface area contributed by atoms with Gasteiger partial charge in [0.25, 0.3) is 0 Å². The lowest BCUT2D eigenvalue weighted by Gasteiger charge is -2.29. The fourth-order valence-electron chi connectivity index (χ4n) is 1.69. The Morgan fingerprint density at radius 2 is 2.19 bits per heavy atom. The van der Waals surface area contributed by atoms with Gasteiger partial charge in [-0.25, -0.2) is 4.98 Å². The van der Waals surface area contributed by atoms with Crippen molar-refractivity contribution < 1.29 is 4.74 Å². The highest BCUT2D eigenvalue weighted by atomic mass is 16.5. The van der Waals surface area contributed by atoms with Crippen LogP contribution < -0.4 is 10.6 Å². The van der Waals surface area contributed by atoms with Gasteiger partial charge in [-0.2, -0.15) is 0 Å². The molecule has 0 radical (unpaired) electrons. The normalized spacial score (nSPS) is 10.8. The Morgan fingerprint density at radius 3 is 2.69 bits per heavy atom. The van der Waals surface area contributed by atoms with E-state index in [0.29, 0.717) is 18.3 Å². The summed E-state index contributed by atoms with van der Waals surface area (Å²) in [7, 11) is 1.71. The van der Waals surface area contributed by atoms with E-state index in [1.807, 2.05) is 13.0 Å². The first-order valence-electron chi connectivity index (χ1n) is 5.54. The van der Waals surface area contributed by atoms with Crippen LogP contribution in [0.15, 0.2) is 12.3 Å². The molecule has 0 spiro atoms. The van der Waals surface area contributed by atoms with Crippen molar-refractivity contribution in [2.24, 2.45) is 0 Å². The van der Waals surface area contributed by atoms with Gasteiger partial charge in [0.15, 0.2) is 0 Å². The molecule has 1 aromatic heterocycles. The number of aromatic nitrogens is 1. The predicted octanol–water partition coefficient (Wildman–Crippen LogP) is 1.83. The number of nitrogens with two attached hydrogens (primary N) is 1. The highest BCUT2D eigenvalue weighted by Crippen LogP contribution is 2.20. The molecule has 0 unspecified atom stereocenters. The van der Waals surface area contributed by atoms with Crippen molar-refractivity contribution in [3.05, 3.63) is 17.8 Å². The van der Waals surface area contributed by atoms with Gasteiger partial charge in [-0.3, -0.25) is 0 Å². The average molecular weight is 223 g/mol. The van der Waals surface area contributed by atoms with Crippen LogP contribution in [0.5, 0.6) is 0 Å². The summed E-state index contributed by atoms with van der Waals surface area (Å²) < 4.78 is 5.11. The largest absolute Gasteiger partial charge is 0.397 e. The zero-order valence-corrected chi connectivity index (χ0v) is 10.5. The molecule has 16 heavy (non-hydrogen) atoms. The summed E-state index contributed by atoms with van der Waals surface area (Å²) in [4.78, 5) is 6.62. The SMILES string of the molecule is COCCN(c1ncc(N)cc1C)C(C)C. The van der Waals surface area contributed by atoms with Gasteiger partial charge in [-0.05, 0) is 32.4 Å². The lowest BCUT2D eigenvalue weighted by molar-refractivity contribution is 0.203. The summed E-state index contributed by atoms with van der Waals surface area (Å²) in [6, 6.07) is 2.34. The molecule has 1 aromatic rings. The molecule has 1 heterocycles. The maximum absolute atomic E-state index is 5.70. The number of pyridine rings is 1. The van der Waals surface area contributed by atoms with Gasteiger partial charge in [0.2, 0.25) is 0 Å². The van der Waals surface area contributed by atoms with E-state index in [4.69, 9.17) is 10.5 Å². The fraction of sp³-hybridized carbons (Fsp3) is 0.583. The molecule has 90 valence electrons. The van der Waals surface area contributed by atoms with E-state index in [1.165, 1.54) is 0 Å². The highest BCUT2D eigenvalue weighted by Gasteiger charge is 2.13. The maximum Gasteiger partial charge on any atom is 0.131 e. The average Bonchev–Trinajstić information content (AvgIpc) is 2.20. The number of methoxy groups -OCH3 is 1. The Balaban J connectivity index is 2.92. The molecule has 0 fully saturated rings. The maximum atomic E-state index is 5.70. The number of ether oxygens (including phenoxy) is 1. The highest BCUT2D eigenvalue weighted by molar-refractivity contribution is 5.53. The number of nitrogen functional groups attached to an aromatic ring is 1. The van der Waals surface area contributed by atoms with Crippen LogP contribution in [0.2, 0.25) is 0 Å². The number of nitrogens with zero attached hydrogens (tertiary/aromatic N) is 2. The first-order valence-corrected chi connectivity index (χ1v) is 5.54. The third kappa shape index (κ3) is 3.10. The monoisotopic (exact) mass is 223 g/mol. The molecule has 4 nitrogen and oxygen atoms in total. The van der Waals surface area contributed by atoms with E-state index in [9.17, 15) is 0 Å². The standard InChI is InChI=1S/C12H21N3O/c1-9(2)15(5-6-16-4)12-10(3)7-11(13)8-14-12/h7-9H,5-6,13H2,1-4H3. The molecule has 0 saturated carbocycles. The summed E-state index contributed by atoms with van der Waals surface area (Å²) in [5, 5.41) is 0. The van der Waals surface area contributed by atoms with Crippen molar-refractivity contribution >= 4 is 11.5 Å². The smallest absolute Gasteiger partial charge is 0.131 e. The van der Waals surface area contributed by atoms with Crippen LogP contribution in [0.3, 0.4) is 0 Å². The minimum absolute atomic E-state index is 0.393. The molecule has 0 aliphatic rings. The summed E-state index contributed by atoms with van der Waals surface area (Å²) in [6.45, 7) is 7.86. The molecule has 0 amide bonds. The number of hydrogen-bond donors (Lipinski definition) is 1. The molecule has 0 aromatic carbocycles. The lowest BCUT2D eigenvalue weighted by Crippen LogP contribution is -2.35. The predicted molar refractivity (Wildman–Crippen MR) is 67.7 cm³/mol. The zero-order valence-electron chi connectivity index (χ0n) is 10.5. The Bertz CT molecular complexity index is 339. The molecule has 2 N–H and O–H groups in total. The molecule has 1 rings (SSSR count). The van der Waals surface area contributed by atoms with Crippen LogP contribution >= 0.6 is 0 Å². The Hall–Kier alpha value is -1.29. The minimum atomic E-state index is 0.393. The number of aryl methyl sites for hydroxylation is 1. The number of anilines is 2. The molecule has 4 heteroatoms. The Kier molecular flexibility index (Phi) is 4.55. The molecule has 0 aliphatic carbocycles. The van der Waals surface area contributed by atoms with Gasteiger partial charge in [0.05, 0.1) is 18.5 Å². The van der Waals surface area contributed by atoms with Crippen LogP contribution in [0.25, 0.3) is 0 Å². The lowest BCUT2D eigenvalue weighted by atomic mass is 10.2. The number of rotatable bonds is 5. The summed E-state index contributed by atoms with van der Waals surface area (Å²) in [5.41, 5.74) is 7.51. The fourth-order valence-corrected chi connectivity index (χ4v) is 1.69. The van der Waals surface area contributed by atoms with E-state index < -0.39 is 0 Å². The molecule has 0 bridgehead atoms. The summed E-state index contributed by atoms with van der Waals surface area (Å²) in [5.74, 6) is 0.987. The Labute approximate surface area is 97.4 Å². The second-order valence-electron chi connectivity index (χ2n) is 4.19. The Morgan fingerprint density at radius 1 is 1.50 bits per heavy atom. The van der Waals surface area contributed by atoms with Gasteiger partial charge in [0.1, 0.15) is 5.82 Å².